The molecule has 2 heterocycles. The van der Waals surface area contributed by atoms with Gasteiger partial charge in [0.05, 0.1) is 12.0 Å². The first-order chi connectivity index (χ1) is 19.0. The molecule has 0 radical (unpaired) electrons. The molecular formula is C30H40N2O8. The van der Waals surface area contributed by atoms with Gasteiger partial charge in [0.25, 0.3) is 5.91 Å². The Labute approximate surface area is 234 Å². The molecule has 40 heavy (non-hydrogen) atoms. The molecule has 0 aromatic heterocycles. The van der Waals surface area contributed by atoms with Crippen LogP contribution in [0, 0.1) is 29.1 Å². The third-order valence-electron chi connectivity index (χ3n) is 9.70. The monoisotopic (exact) mass is 556 g/mol. The molecule has 0 bridgehead atoms. The topological polar surface area (TPSA) is 123 Å². The number of aliphatic hydroxyl groups is 1. The minimum atomic E-state index is -1.02. The van der Waals surface area contributed by atoms with E-state index >= 15 is 0 Å². The van der Waals surface area contributed by atoms with Crippen LogP contribution in [-0.2, 0) is 28.6 Å². The Morgan fingerprint density at radius 1 is 1.02 bits per heavy atom. The quantitative estimate of drug-likeness (QED) is 0.428. The number of piperazine rings is 1. The second-order valence-electron chi connectivity index (χ2n) is 12.1. The normalized spacial score (nSPS) is 37.6. The summed E-state index contributed by atoms with van der Waals surface area (Å²) in [4.78, 5) is 54.1. The number of amides is 1. The van der Waals surface area contributed by atoms with E-state index in [1.807, 2.05) is 49.1 Å². The molecule has 2 saturated carbocycles. The molecule has 2 aliphatic heterocycles. The molecule has 0 unspecified atom stereocenters. The van der Waals surface area contributed by atoms with Gasteiger partial charge in [-0.05, 0) is 24.5 Å². The fourth-order valence-corrected chi connectivity index (χ4v) is 7.96. The zero-order valence-electron chi connectivity index (χ0n) is 23.7. The van der Waals surface area contributed by atoms with Crippen LogP contribution in [0.15, 0.2) is 30.3 Å². The van der Waals surface area contributed by atoms with Crippen LogP contribution in [0.4, 0.5) is 0 Å². The maximum Gasteiger partial charge on any atom is 0.311 e. The molecule has 1 N–H and O–H groups in total. The highest BCUT2D eigenvalue weighted by Crippen LogP contribution is 2.59. The highest BCUT2D eigenvalue weighted by atomic mass is 16.6. The van der Waals surface area contributed by atoms with E-state index in [0.29, 0.717) is 51.1 Å². The van der Waals surface area contributed by atoms with Gasteiger partial charge in [-0.2, -0.15) is 0 Å². The van der Waals surface area contributed by atoms with Crippen molar-refractivity contribution in [1.29, 1.82) is 0 Å². The Hall–Kier alpha value is -2.98. The standard InChI is InChI=1S/C30H40N2O8/c1-17-14-22-25(27(35)30(4)24(39-19(3)34)15-23(26(17)30)38-18(2)33)21(29(37)40-22)16-31-10-12-32(13-11-31)28(36)20-8-6-5-7-9-20/h5-9,17,21-27,35H,10-16H2,1-4H3/t17-,21-,22-,23+,24-,25+,26-,27-,30+/m0/s1. The van der Waals surface area contributed by atoms with E-state index in [2.05, 4.69) is 4.90 Å². The van der Waals surface area contributed by atoms with Crippen LogP contribution in [0.5, 0.6) is 0 Å². The van der Waals surface area contributed by atoms with Gasteiger partial charge < -0.3 is 24.2 Å². The molecule has 1 aromatic rings. The summed E-state index contributed by atoms with van der Waals surface area (Å²) in [6.07, 6.45) is -1.86. The summed E-state index contributed by atoms with van der Waals surface area (Å²) in [5.74, 6) is -2.61. The summed E-state index contributed by atoms with van der Waals surface area (Å²) < 4.78 is 17.3. The van der Waals surface area contributed by atoms with Gasteiger partial charge in [0.15, 0.2) is 0 Å². The summed E-state index contributed by atoms with van der Waals surface area (Å²) in [6, 6.07) is 9.19. The molecule has 4 aliphatic rings. The third kappa shape index (κ3) is 5.11. The zero-order valence-corrected chi connectivity index (χ0v) is 23.7. The van der Waals surface area contributed by atoms with E-state index in [1.165, 1.54) is 13.8 Å². The predicted octanol–water partition coefficient (Wildman–Crippen LogP) is 1.89. The van der Waals surface area contributed by atoms with Gasteiger partial charge in [-0.3, -0.25) is 24.1 Å². The van der Waals surface area contributed by atoms with E-state index in [1.54, 1.807) is 0 Å². The smallest absolute Gasteiger partial charge is 0.311 e. The molecule has 1 amide bonds. The number of aliphatic hydroxyl groups excluding tert-OH is 1. The Morgan fingerprint density at radius 2 is 1.68 bits per heavy atom. The lowest BCUT2D eigenvalue weighted by molar-refractivity contribution is -0.165. The van der Waals surface area contributed by atoms with Crippen LogP contribution >= 0.6 is 0 Å². The fourth-order valence-electron chi connectivity index (χ4n) is 7.96. The van der Waals surface area contributed by atoms with E-state index in [9.17, 15) is 24.3 Å². The molecule has 10 heteroatoms. The molecule has 218 valence electrons. The lowest BCUT2D eigenvalue weighted by atomic mass is 9.66. The van der Waals surface area contributed by atoms with Gasteiger partial charge in [0, 0.05) is 75.8 Å². The van der Waals surface area contributed by atoms with Gasteiger partial charge in [0.1, 0.15) is 18.3 Å². The van der Waals surface area contributed by atoms with Gasteiger partial charge >= 0.3 is 17.9 Å². The summed E-state index contributed by atoms with van der Waals surface area (Å²) in [5.41, 5.74) is -0.278. The van der Waals surface area contributed by atoms with Crippen molar-refractivity contribution in [3.63, 3.8) is 0 Å². The molecule has 9 atom stereocenters. The average Bonchev–Trinajstić information content (AvgIpc) is 3.33. The first-order valence-corrected chi connectivity index (χ1v) is 14.3. The number of carbonyl (C=O) groups excluding carboxylic acids is 4. The Balaban J connectivity index is 1.34. The lowest BCUT2D eigenvalue weighted by Crippen LogP contribution is -2.54. The minimum Gasteiger partial charge on any atom is -0.462 e. The number of nitrogens with zero attached hydrogens (tertiary/aromatic N) is 2. The first kappa shape index (κ1) is 28.5. The maximum absolute atomic E-state index is 13.2. The number of ether oxygens (including phenoxy) is 3. The number of benzene rings is 1. The number of carbonyl (C=O) groups is 4. The van der Waals surface area contributed by atoms with E-state index < -0.39 is 53.6 Å². The van der Waals surface area contributed by atoms with Crippen LogP contribution in [0.1, 0.15) is 50.9 Å². The summed E-state index contributed by atoms with van der Waals surface area (Å²) in [5, 5.41) is 12.1. The van der Waals surface area contributed by atoms with Crippen LogP contribution in [0.2, 0.25) is 0 Å². The third-order valence-corrected chi connectivity index (χ3v) is 9.70. The summed E-state index contributed by atoms with van der Waals surface area (Å²) >= 11 is 0. The molecule has 2 saturated heterocycles. The molecule has 0 spiro atoms. The van der Waals surface area contributed by atoms with Crippen molar-refractivity contribution in [2.24, 2.45) is 29.1 Å². The summed E-state index contributed by atoms with van der Waals surface area (Å²) in [6.45, 7) is 9.32. The number of rotatable bonds is 5. The SMILES string of the molecule is CC(=O)O[C@H]1C[C@@H](OC(C)=O)[C@@H]2[C@@H](C)C[C@@H]3OC(=O)[C@@H](CN4CCN(C(=O)c5ccccc5)CC4)[C@H]3[C@H](O)[C@@]21C. The van der Waals surface area contributed by atoms with Crippen LogP contribution < -0.4 is 0 Å². The van der Waals surface area contributed by atoms with Gasteiger partial charge in [-0.25, -0.2) is 0 Å². The number of hydrogen-bond donors (Lipinski definition) is 1. The summed E-state index contributed by atoms with van der Waals surface area (Å²) in [7, 11) is 0. The highest BCUT2D eigenvalue weighted by Gasteiger charge is 2.67. The van der Waals surface area contributed by atoms with Crippen molar-refractivity contribution in [2.75, 3.05) is 32.7 Å². The largest absolute Gasteiger partial charge is 0.462 e. The molecule has 1 aromatic carbocycles. The van der Waals surface area contributed by atoms with E-state index in [-0.39, 0.29) is 23.7 Å². The number of hydrogen-bond acceptors (Lipinski definition) is 9. The van der Waals surface area contributed by atoms with Gasteiger partial charge in [0.2, 0.25) is 0 Å². The second-order valence-corrected chi connectivity index (χ2v) is 12.1. The van der Waals surface area contributed by atoms with Gasteiger partial charge in [-0.1, -0.05) is 32.0 Å². The van der Waals surface area contributed by atoms with Crippen molar-refractivity contribution in [3.8, 4) is 0 Å². The molecular weight excluding hydrogens is 516 g/mol. The van der Waals surface area contributed by atoms with E-state index in [4.69, 9.17) is 14.2 Å². The number of esters is 3. The Kier molecular flexibility index (Phi) is 7.94. The predicted molar refractivity (Wildman–Crippen MR) is 143 cm³/mol. The highest BCUT2D eigenvalue weighted by molar-refractivity contribution is 5.94. The molecule has 10 nitrogen and oxygen atoms in total. The second kappa shape index (κ2) is 11.1. The zero-order chi connectivity index (χ0) is 28.8. The number of fused-ring (bicyclic) bond motifs is 2. The van der Waals surface area contributed by atoms with Gasteiger partial charge in [-0.15, -0.1) is 0 Å². The minimum absolute atomic E-state index is 0.00665. The maximum atomic E-state index is 13.2. The van der Waals surface area contributed by atoms with Crippen molar-refractivity contribution in [3.05, 3.63) is 35.9 Å². The van der Waals surface area contributed by atoms with E-state index in [0.717, 1.165) is 0 Å². The van der Waals surface area contributed by atoms with Crippen molar-refractivity contribution in [1.82, 2.24) is 9.80 Å². The van der Waals surface area contributed by atoms with Crippen molar-refractivity contribution < 1.29 is 38.5 Å². The lowest BCUT2D eigenvalue weighted by Gasteiger charge is -2.43. The van der Waals surface area contributed by atoms with Crippen molar-refractivity contribution in [2.45, 2.75) is 65.0 Å². The fraction of sp³-hybridized carbons (Fsp3) is 0.667. The first-order valence-electron chi connectivity index (χ1n) is 14.3. The molecule has 4 fully saturated rings. The molecule has 5 rings (SSSR count). The Bertz CT molecular complexity index is 1140. The van der Waals surface area contributed by atoms with Crippen LogP contribution in [0.3, 0.4) is 0 Å². The van der Waals surface area contributed by atoms with Crippen LogP contribution in [0.25, 0.3) is 0 Å². The van der Waals surface area contributed by atoms with Crippen molar-refractivity contribution >= 4 is 23.8 Å². The molecule has 2 aliphatic carbocycles. The Morgan fingerprint density at radius 3 is 2.30 bits per heavy atom. The average molecular weight is 557 g/mol. The van der Waals surface area contributed by atoms with Crippen LogP contribution in [-0.4, -0.2) is 95.9 Å².